The zero-order valence-corrected chi connectivity index (χ0v) is 12.9. The molecular formula is C16H22N4O2. The molecule has 2 aliphatic heterocycles. The molecule has 1 aromatic rings. The van der Waals surface area contributed by atoms with Crippen LogP contribution in [0.1, 0.15) is 5.56 Å². The molecule has 3 rings (SSSR count). The number of rotatable bonds is 3. The van der Waals surface area contributed by atoms with Gasteiger partial charge in [-0.05, 0) is 11.6 Å². The molecule has 0 aliphatic carbocycles. The van der Waals surface area contributed by atoms with E-state index >= 15 is 0 Å². The van der Waals surface area contributed by atoms with Crippen LogP contribution in [0.15, 0.2) is 24.3 Å². The number of carbonyl (C=O) groups excluding carboxylic acids is 2. The van der Waals surface area contributed by atoms with E-state index in [-0.39, 0.29) is 24.9 Å². The third-order valence-electron chi connectivity index (χ3n) is 4.28. The number of carbonyl (C=O) groups is 2. The summed E-state index contributed by atoms with van der Waals surface area (Å²) >= 11 is 0. The fourth-order valence-electron chi connectivity index (χ4n) is 2.96. The van der Waals surface area contributed by atoms with Gasteiger partial charge in [-0.25, -0.2) is 0 Å². The topological polar surface area (TPSA) is 55.9 Å². The quantitative estimate of drug-likeness (QED) is 0.847. The third kappa shape index (κ3) is 3.13. The molecule has 0 spiro atoms. The number of likely N-dealkylation sites (N-methyl/N-ethyl adjacent to an activating group) is 1. The monoisotopic (exact) mass is 302 g/mol. The summed E-state index contributed by atoms with van der Waals surface area (Å²) in [7, 11) is 1.67. The molecule has 0 saturated carbocycles. The highest BCUT2D eigenvalue weighted by molar-refractivity contribution is 6.04. The first-order valence-electron chi connectivity index (χ1n) is 7.70. The predicted octanol–water partition coefficient (Wildman–Crippen LogP) is -0.103. The average molecular weight is 302 g/mol. The van der Waals surface area contributed by atoms with Gasteiger partial charge >= 0.3 is 0 Å². The van der Waals surface area contributed by atoms with Gasteiger partial charge in [0.2, 0.25) is 11.8 Å². The van der Waals surface area contributed by atoms with Gasteiger partial charge < -0.3 is 15.1 Å². The summed E-state index contributed by atoms with van der Waals surface area (Å²) in [6, 6.07) is 7.90. The molecule has 6 heteroatoms. The van der Waals surface area contributed by atoms with Crippen LogP contribution >= 0.6 is 0 Å². The summed E-state index contributed by atoms with van der Waals surface area (Å²) in [6.07, 6.45) is 0. The van der Waals surface area contributed by atoms with Gasteiger partial charge in [0, 0.05) is 45.5 Å². The fraction of sp³-hybridized carbons (Fsp3) is 0.500. The molecule has 1 aromatic carbocycles. The minimum atomic E-state index is -0.0186. The Morgan fingerprint density at radius 2 is 1.77 bits per heavy atom. The molecule has 2 aliphatic rings. The van der Waals surface area contributed by atoms with E-state index in [1.807, 2.05) is 24.3 Å². The van der Waals surface area contributed by atoms with Crippen molar-refractivity contribution in [3.05, 3.63) is 29.8 Å². The van der Waals surface area contributed by atoms with Crippen LogP contribution in [0.25, 0.3) is 0 Å². The molecule has 0 aromatic heterocycles. The lowest BCUT2D eigenvalue weighted by molar-refractivity contribution is -0.136. The van der Waals surface area contributed by atoms with E-state index < -0.39 is 0 Å². The Kier molecular flexibility index (Phi) is 4.40. The molecule has 0 atom stereocenters. The maximum absolute atomic E-state index is 12.3. The van der Waals surface area contributed by atoms with Crippen LogP contribution in [0.4, 0.5) is 5.69 Å². The summed E-state index contributed by atoms with van der Waals surface area (Å²) < 4.78 is 0. The van der Waals surface area contributed by atoms with Gasteiger partial charge in [0.05, 0.1) is 6.54 Å². The summed E-state index contributed by atoms with van der Waals surface area (Å²) in [5, 5.41) is 3.34. The van der Waals surface area contributed by atoms with Crippen molar-refractivity contribution in [2.75, 3.05) is 51.2 Å². The summed E-state index contributed by atoms with van der Waals surface area (Å²) in [4.78, 5) is 29.7. The molecule has 0 bridgehead atoms. The molecule has 1 N–H and O–H groups in total. The van der Waals surface area contributed by atoms with E-state index in [0.29, 0.717) is 0 Å². The van der Waals surface area contributed by atoms with Crippen LogP contribution in [0.5, 0.6) is 0 Å². The van der Waals surface area contributed by atoms with Crippen molar-refractivity contribution in [2.24, 2.45) is 0 Å². The second-order valence-corrected chi connectivity index (χ2v) is 5.88. The minimum absolute atomic E-state index is 0.0171. The normalized spacial score (nSPS) is 20.6. The zero-order valence-electron chi connectivity index (χ0n) is 12.9. The van der Waals surface area contributed by atoms with Gasteiger partial charge in [-0.15, -0.1) is 0 Å². The zero-order chi connectivity index (χ0) is 15.5. The lowest BCUT2D eigenvalue weighted by atomic mass is 10.1. The van der Waals surface area contributed by atoms with Gasteiger partial charge in [-0.2, -0.15) is 0 Å². The molecule has 2 heterocycles. The molecule has 2 saturated heterocycles. The van der Waals surface area contributed by atoms with E-state index in [9.17, 15) is 9.59 Å². The van der Waals surface area contributed by atoms with Crippen LogP contribution in [0, 0.1) is 0 Å². The average Bonchev–Trinajstić information content (AvgIpc) is 2.53. The van der Waals surface area contributed by atoms with Gasteiger partial charge in [-0.1, -0.05) is 18.2 Å². The lowest BCUT2D eigenvalue weighted by Gasteiger charge is -2.34. The van der Waals surface area contributed by atoms with Crippen molar-refractivity contribution >= 4 is 17.5 Å². The highest BCUT2D eigenvalue weighted by Crippen LogP contribution is 2.24. The molecule has 6 nitrogen and oxygen atoms in total. The van der Waals surface area contributed by atoms with Crippen LogP contribution in [0.2, 0.25) is 0 Å². The van der Waals surface area contributed by atoms with E-state index in [0.717, 1.165) is 44.0 Å². The molecular weight excluding hydrogens is 280 g/mol. The van der Waals surface area contributed by atoms with E-state index in [2.05, 4.69) is 10.2 Å². The van der Waals surface area contributed by atoms with Crippen LogP contribution in [0.3, 0.4) is 0 Å². The number of hydrogen-bond acceptors (Lipinski definition) is 4. The second kappa shape index (κ2) is 6.46. The van der Waals surface area contributed by atoms with Crippen molar-refractivity contribution in [3.63, 3.8) is 0 Å². The second-order valence-electron chi connectivity index (χ2n) is 5.88. The largest absolute Gasteiger partial charge is 0.335 e. The Morgan fingerprint density at radius 3 is 2.55 bits per heavy atom. The molecule has 2 fully saturated rings. The highest BCUT2D eigenvalue weighted by atomic mass is 16.2. The van der Waals surface area contributed by atoms with Gasteiger partial charge in [0.25, 0.3) is 0 Å². The number of benzene rings is 1. The number of nitrogens with one attached hydrogen (secondary N) is 1. The summed E-state index contributed by atoms with van der Waals surface area (Å²) in [5.41, 5.74) is 1.97. The van der Waals surface area contributed by atoms with Gasteiger partial charge in [0.15, 0.2) is 0 Å². The standard InChI is InChI=1S/C16H22N4O2/c1-18-11-16(22)20(12-15(18)21)14-5-3-2-4-13(14)10-19-8-6-17-7-9-19/h2-5,17H,6-12H2,1H3. The third-order valence-corrected chi connectivity index (χ3v) is 4.28. The van der Waals surface area contributed by atoms with Gasteiger partial charge in [-0.3, -0.25) is 14.5 Å². The fourth-order valence-corrected chi connectivity index (χ4v) is 2.96. The Bertz CT molecular complexity index is 569. The summed E-state index contributed by atoms with van der Waals surface area (Å²) in [6.45, 7) is 5.09. The molecule has 2 amide bonds. The SMILES string of the molecule is CN1CC(=O)N(c2ccccc2CN2CCNCC2)CC1=O. The Labute approximate surface area is 130 Å². The van der Waals surface area contributed by atoms with Crippen molar-refractivity contribution in [2.45, 2.75) is 6.54 Å². The van der Waals surface area contributed by atoms with Gasteiger partial charge in [0.1, 0.15) is 6.54 Å². The maximum Gasteiger partial charge on any atom is 0.247 e. The summed E-state index contributed by atoms with van der Waals surface area (Å²) in [5.74, 6) is -0.0357. The van der Waals surface area contributed by atoms with Crippen molar-refractivity contribution < 1.29 is 9.59 Å². The minimum Gasteiger partial charge on any atom is -0.335 e. The number of para-hydroxylation sites is 1. The van der Waals surface area contributed by atoms with E-state index in [1.165, 1.54) is 4.90 Å². The van der Waals surface area contributed by atoms with Crippen LogP contribution < -0.4 is 10.2 Å². The van der Waals surface area contributed by atoms with Crippen molar-refractivity contribution in [1.29, 1.82) is 0 Å². The first-order chi connectivity index (χ1) is 10.6. The predicted molar refractivity (Wildman–Crippen MR) is 84.6 cm³/mol. The Morgan fingerprint density at radius 1 is 1.05 bits per heavy atom. The first-order valence-corrected chi connectivity index (χ1v) is 7.70. The maximum atomic E-state index is 12.3. The lowest BCUT2D eigenvalue weighted by Crippen LogP contribution is -2.52. The van der Waals surface area contributed by atoms with E-state index in [1.54, 1.807) is 11.9 Å². The van der Waals surface area contributed by atoms with Crippen molar-refractivity contribution in [3.8, 4) is 0 Å². The first kappa shape index (κ1) is 15.0. The van der Waals surface area contributed by atoms with Crippen LogP contribution in [-0.2, 0) is 16.1 Å². The molecule has 22 heavy (non-hydrogen) atoms. The molecule has 0 radical (unpaired) electrons. The number of piperazine rings is 2. The smallest absolute Gasteiger partial charge is 0.247 e. The highest BCUT2D eigenvalue weighted by Gasteiger charge is 2.29. The number of hydrogen-bond donors (Lipinski definition) is 1. The van der Waals surface area contributed by atoms with Crippen molar-refractivity contribution in [1.82, 2.24) is 15.1 Å². The van der Waals surface area contributed by atoms with E-state index in [4.69, 9.17) is 0 Å². The number of nitrogens with zero attached hydrogens (tertiary/aromatic N) is 3. The number of anilines is 1. The molecule has 118 valence electrons. The number of amides is 2. The Balaban J connectivity index is 1.81. The Hall–Kier alpha value is -1.92. The molecule has 0 unspecified atom stereocenters. The van der Waals surface area contributed by atoms with Crippen LogP contribution in [-0.4, -0.2) is 67.9 Å².